The zero-order valence-corrected chi connectivity index (χ0v) is 20.5. The van der Waals surface area contributed by atoms with Crippen LogP contribution in [-0.4, -0.2) is 50.8 Å². The van der Waals surface area contributed by atoms with Crippen molar-refractivity contribution in [2.24, 2.45) is 0 Å². The summed E-state index contributed by atoms with van der Waals surface area (Å²) in [5, 5.41) is 3.26. The summed E-state index contributed by atoms with van der Waals surface area (Å²) in [6.45, 7) is 2.52. The fraction of sp³-hybridized carbons (Fsp3) is 0.345. The average molecular weight is 475 g/mol. The predicted octanol–water partition coefficient (Wildman–Crippen LogP) is 4.59. The number of benzene rings is 3. The monoisotopic (exact) mass is 474 g/mol. The number of nitrogens with zero attached hydrogens (tertiary/aromatic N) is 1. The average Bonchev–Trinajstić information content (AvgIpc) is 3.41. The lowest BCUT2D eigenvalue weighted by Crippen LogP contribution is -2.41. The lowest BCUT2D eigenvalue weighted by atomic mass is 9.98. The SMILES string of the molecule is COc1ccc(C(NC(=O)CN(Cc2ccccc2)CC2CCCO2)c2ccc(OC)cc2)cc1. The van der Waals surface area contributed by atoms with Gasteiger partial charge in [0.2, 0.25) is 5.91 Å². The van der Waals surface area contributed by atoms with Crippen LogP contribution in [0.15, 0.2) is 78.9 Å². The molecule has 1 heterocycles. The van der Waals surface area contributed by atoms with E-state index in [1.54, 1.807) is 14.2 Å². The standard InChI is InChI=1S/C29H34N2O4/c1-33-25-14-10-23(11-15-25)29(24-12-16-26(34-2)17-13-24)30-28(32)21-31(20-27-9-6-18-35-27)19-22-7-4-3-5-8-22/h3-5,7-8,10-17,27,29H,6,9,18-21H2,1-2H3,(H,30,32). The molecule has 0 spiro atoms. The summed E-state index contributed by atoms with van der Waals surface area (Å²) in [4.78, 5) is 15.6. The first-order valence-corrected chi connectivity index (χ1v) is 12.1. The van der Waals surface area contributed by atoms with Gasteiger partial charge in [-0.1, -0.05) is 54.6 Å². The zero-order valence-electron chi connectivity index (χ0n) is 20.5. The summed E-state index contributed by atoms with van der Waals surface area (Å²) in [5.41, 5.74) is 3.15. The first kappa shape index (κ1) is 24.8. The molecule has 0 bridgehead atoms. The van der Waals surface area contributed by atoms with Crippen LogP contribution in [0.3, 0.4) is 0 Å². The van der Waals surface area contributed by atoms with E-state index in [0.29, 0.717) is 6.54 Å². The molecule has 1 amide bonds. The third-order valence-electron chi connectivity index (χ3n) is 6.31. The van der Waals surface area contributed by atoms with Crippen LogP contribution < -0.4 is 14.8 Å². The maximum absolute atomic E-state index is 13.4. The molecular weight excluding hydrogens is 440 g/mol. The Hall–Kier alpha value is -3.35. The Morgan fingerprint density at radius 1 is 0.943 bits per heavy atom. The molecule has 1 atom stereocenters. The highest BCUT2D eigenvalue weighted by Crippen LogP contribution is 2.26. The highest BCUT2D eigenvalue weighted by Gasteiger charge is 2.23. The molecule has 1 aliphatic heterocycles. The minimum atomic E-state index is -0.291. The zero-order chi connectivity index (χ0) is 24.5. The number of ether oxygens (including phenoxy) is 3. The van der Waals surface area contributed by atoms with Crippen molar-refractivity contribution in [2.45, 2.75) is 31.5 Å². The maximum Gasteiger partial charge on any atom is 0.234 e. The second kappa shape index (κ2) is 12.4. The van der Waals surface area contributed by atoms with Gasteiger partial charge in [0, 0.05) is 19.7 Å². The lowest BCUT2D eigenvalue weighted by Gasteiger charge is -2.27. The summed E-state index contributed by atoms with van der Waals surface area (Å²) in [5.74, 6) is 1.52. The number of carbonyl (C=O) groups is 1. The summed E-state index contributed by atoms with van der Waals surface area (Å²) in [7, 11) is 3.29. The van der Waals surface area contributed by atoms with Crippen LogP contribution in [0.25, 0.3) is 0 Å². The smallest absolute Gasteiger partial charge is 0.234 e. The van der Waals surface area contributed by atoms with E-state index in [-0.39, 0.29) is 24.6 Å². The van der Waals surface area contributed by atoms with E-state index in [1.165, 1.54) is 5.56 Å². The Balaban J connectivity index is 1.51. The van der Waals surface area contributed by atoms with Gasteiger partial charge in [-0.2, -0.15) is 0 Å². The van der Waals surface area contributed by atoms with Crippen molar-refractivity contribution in [3.8, 4) is 11.5 Å². The molecule has 1 aliphatic rings. The van der Waals surface area contributed by atoms with Crippen molar-refractivity contribution >= 4 is 5.91 Å². The van der Waals surface area contributed by atoms with E-state index < -0.39 is 0 Å². The Morgan fingerprint density at radius 2 is 1.54 bits per heavy atom. The Morgan fingerprint density at radius 3 is 2.06 bits per heavy atom. The van der Waals surface area contributed by atoms with Gasteiger partial charge in [-0.25, -0.2) is 0 Å². The highest BCUT2D eigenvalue weighted by molar-refractivity contribution is 5.79. The fourth-order valence-electron chi connectivity index (χ4n) is 4.46. The van der Waals surface area contributed by atoms with E-state index in [0.717, 1.165) is 48.6 Å². The van der Waals surface area contributed by atoms with Crippen molar-refractivity contribution in [1.82, 2.24) is 10.2 Å². The minimum Gasteiger partial charge on any atom is -0.497 e. The molecule has 6 heteroatoms. The topological polar surface area (TPSA) is 60.0 Å². The van der Waals surface area contributed by atoms with Gasteiger partial charge in [0.25, 0.3) is 0 Å². The van der Waals surface area contributed by atoms with Crippen LogP contribution in [0, 0.1) is 0 Å². The van der Waals surface area contributed by atoms with Crippen molar-refractivity contribution in [3.63, 3.8) is 0 Å². The van der Waals surface area contributed by atoms with Crippen LogP contribution >= 0.6 is 0 Å². The molecule has 1 saturated heterocycles. The second-order valence-corrected chi connectivity index (χ2v) is 8.84. The molecule has 1 N–H and O–H groups in total. The molecule has 0 aromatic heterocycles. The number of methoxy groups -OCH3 is 2. The number of hydrogen-bond acceptors (Lipinski definition) is 5. The minimum absolute atomic E-state index is 0.0319. The summed E-state index contributed by atoms with van der Waals surface area (Å²) < 4.78 is 16.5. The fourth-order valence-corrected chi connectivity index (χ4v) is 4.46. The third kappa shape index (κ3) is 7.07. The van der Waals surface area contributed by atoms with Crippen LogP contribution in [0.2, 0.25) is 0 Å². The normalized spacial score (nSPS) is 15.4. The number of nitrogens with one attached hydrogen (secondary N) is 1. The van der Waals surface area contributed by atoms with Crippen molar-refractivity contribution in [1.29, 1.82) is 0 Å². The van der Waals surface area contributed by atoms with Crippen LogP contribution in [-0.2, 0) is 16.1 Å². The molecule has 184 valence electrons. The summed E-state index contributed by atoms with van der Waals surface area (Å²) in [6, 6.07) is 25.6. The van der Waals surface area contributed by atoms with Gasteiger partial charge in [-0.3, -0.25) is 9.69 Å². The molecule has 1 unspecified atom stereocenters. The summed E-state index contributed by atoms with van der Waals surface area (Å²) in [6.07, 6.45) is 2.28. The van der Waals surface area contributed by atoms with Crippen molar-refractivity contribution in [2.75, 3.05) is 33.9 Å². The summed E-state index contributed by atoms with van der Waals surface area (Å²) >= 11 is 0. The Bertz CT molecular complexity index is 1000. The van der Waals surface area contributed by atoms with E-state index >= 15 is 0 Å². The van der Waals surface area contributed by atoms with Crippen LogP contribution in [0.5, 0.6) is 11.5 Å². The van der Waals surface area contributed by atoms with Gasteiger partial charge in [0.05, 0.1) is 32.9 Å². The highest BCUT2D eigenvalue weighted by atomic mass is 16.5. The largest absolute Gasteiger partial charge is 0.497 e. The number of hydrogen-bond donors (Lipinski definition) is 1. The first-order valence-electron chi connectivity index (χ1n) is 12.1. The van der Waals surface area contributed by atoms with Crippen LogP contribution in [0.4, 0.5) is 0 Å². The van der Waals surface area contributed by atoms with Gasteiger partial charge < -0.3 is 19.5 Å². The molecule has 35 heavy (non-hydrogen) atoms. The van der Waals surface area contributed by atoms with Crippen molar-refractivity contribution < 1.29 is 19.0 Å². The van der Waals surface area contributed by atoms with E-state index in [2.05, 4.69) is 22.3 Å². The second-order valence-electron chi connectivity index (χ2n) is 8.84. The third-order valence-corrected chi connectivity index (χ3v) is 6.31. The first-order chi connectivity index (χ1) is 17.1. The van der Waals surface area contributed by atoms with E-state index in [4.69, 9.17) is 14.2 Å². The van der Waals surface area contributed by atoms with Gasteiger partial charge in [-0.15, -0.1) is 0 Å². The molecule has 4 rings (SSSR count). The number of amides is 1. The van der Waals surface area contributed by atoms with Gasteiger partial charge >= 0.3 is 0 Å². The molecule has 0 radical (unpaired) electrons. The Labute approximate surface area is 207 Å². The lowest BCUT2D eigenvalue weighted by molar-refractivity contribution is -0.123. The molecule has 3 aromatic carbocycles. The van der Waals surface area contributed by atoms with Gasteiger partial charge in [-0.05, 0) is 53.8 Å². The van der Waals surface area contributed by atoms with Gasteiger partial charge in [0.15, 0.2) is 0 Å². The van der Waals surface area contributed by atoms with E-state index in [9.17, 15) is 4.79 Å². The molecule has 6 nitrogen and oxygen atoms in total. The van der Waals surface area contributed by atoms with Gasteiger partial charge in [0.1, 0.15) is 11.5 Å². The number of carbonyl (C=O) groups excluding carboxylic acids is 1. The quantitative estimate of drug-likeness (QED) is 0.441. The van der Waals surface area contributed by atoms with Crippen molar-refractivity contribution in [3.05, 3.63) is 95.6 Å². The predicted molar refractivity (Wildman–Crippen MR) is 137 cm³/mol. The number of rotatable bonds is 11. The molecule has 3 aromatic rings. The Kier molecular flexibility index (Phi) is 8.76. The maximum atomic E-state index is 13.4. The van der Waals surface area contributed by atoms with Crippen LogP contribution in [0.1, 0.15) is 35.6 Å². The molecule has 0 aliphatic carbocycles. The molecule has 0 saturated carbocycles. The molecule has 1 fully saturated rings. The molecular formula is C29H34N2O4. The van der Waals surface area contributed by atoms with E-state index in [1.807, 2.05) is 66.7 Å².